The van der Waals surface area contributed by atoms with Crippen LogP contribution in [0.4, 0.5) is 5.69 Å². The van der Waals surface area contributed by atoms with Gasteiger partial charge >= 0.3 is 0 Å². The summed E-state index contributed by atoms with van der Waals surface area (Å²) in [6.07, 6.45) is 0. The van der Waals surface area contributed by atoms with Crippen LogP contribution in [0.1, 0.15) is 0 Å². The fourth-order valence-corrected chi connectivity index (χ4v) is 6.37. The molecule has 0 N–H and O–H groups in total. The Bertz CT molecular complexity index is 2550. The number of para-hydroxylation sites is 2. The monoisotopic (exact) mass is 524 g/mol. The molecular weight excluding hydrogens is 504 g/mol. The van der Waals surface area contributed by atoms with Gasteiger partial charge in [-0.2, -0.15) is 0 Å². The third-order valence-corrected chi connectivity index (χ3v) is 8.21. The molecule has 9 rings (SSSR count). The van der Waals surface area contributed by atoms with E-state index in [0.29, 0.717) is 5.69 Å². The van der Waals surface area contributed by atoms with E-state index in [1.165, 1.54) is 10.8 Å². The van der Waals surface area contributed by atoms with Crippen molar-refractivity contribution >= 4 is 71.4 Å². The molecule has 0 atom stereocenters. The topological polar surface area (TPSA) is 35.6 Å². The minimum atomic E-state index is 0.611. The molecule has 4 heteroatoms. The summed E-state index contributed by atoms with van der Waals surface area (Å²) in [5.74, 6) is 0. The van der Waals surface area contributed by atoms with Crippen molar-refractivity contribution in [2.75, 3.05) is 0 Å². The highest BCUT2D eigenvalue weighted by Gasteiger charge is 2.18. The van der Waals surface area contributed by atoms with E-state index in [9.17, 15) is 0 Å². The Morgan fingerprint density at radius 2 is 1.12 bits per heavy atom. The van der Waals surface area contributed by atoms with E-state index in [1.807, 2.05) is 36.4 Å². The Kier molecular flexibility index (Phi) is 4.37. The van der Waals surface area contributed by atoms with Crippen molar-refractivity contribution in [1.29, 1.82) is 0 Å². The molecule has 0 spiro atoms. The lowest BCUT2D eigenvalue weighted by Crippen LogP contribution is -1.94. The van der Waals surface area contributed by atoms with Crippen molar-refractivity contribution in [3.05, 3.63) is 133 Å². The number of hydrogen-bond acceptors (Lipinski definition) is 2. The average Bonchev–Trinajstić information content (AvgIpc) is 3.69. The Morgan fingerprint density at radius 3 is 2.00 bits per heavy atom. The molecule has 9 aromatic rings. The smallest absolute Gasteiger partial charge is 0.188 e. The molecule has 41 heavy (non-hydrogen) atoms. The third kappa shape index (κ3) is 3.09. The van der Waals surface area contributed by atoms with Gasteiger partial charge in [-0.15, -0.1) is 0 Å². The van der Waals surface area contributed by atoms with Gasteiger partial charge in [0.15, 0.2) is 5.69 Å². The van der Waals surface area contributed by atoms with Gasteiger partial charge in [-0.05, 0) is 71.8 Å². The second-order valence-corrected chi connectivity index (χ2v) is 10.4. The number of furan rings is 2. The van der Waals surface area contributed by atoms with Gasteiger partial charge in [-0.25, -0.2) is 4.85 Å². The lowest BCUT2D eigenvalue weighted by atomic mass is 10.0. The number of hydrogen-bond donors (Lipinski definition) is 0. The van der Waals surface area contributed by atoms with Crippen LogP contribution in [0.5, 0.6) is 0 Å². The van der Waals surface area contributed by atoms with Crippen molar-refractivity contribution in [2.24, 2.45) is 0 Å². The normalized spacial score (nSPS) is 11.9. The van der Waals surface area contributed by atoms with Crippen molar-refractivity contribution in [2.45, 2.75) is 0 Å². The van der Waals surface area contributed by atoms with Crippen molar-refractivity contribution < 1.29 is 8.83 Å². The predicted molar refractivity (Wildman–Crippen MR) is 167 cm³/mol. The van der Waals surface area contributed by atoms with E-state index in [0.717, 1.165) is 71.7 Å². The molecule has 3 aromatic heterocycles. The average molecular weight is 525 g/mol. The Morgan fingerprint density at radius 1 is 0.488 bits per heavy atom. The molecule has 0 fully saturated rings. The van der Waals surface area contributed by atoms with Crippen LogP contribution in [-0.4, -0.2) is 4.57 Å². The van der Waals surface area contributed by atoms with E-state index in [4.69, 9.17) is 15.4 Å². The lowest BCUT2D eigenvalue weighted by Gasteiger charge is -2.10. The zero-order chi connectivity index (χ0) is 27.1. The van der Waals surface area contributed by atoms with Gasteiger partial charge in [-0.3, -0.25) is 0 Å². The molecule has 0 saturated heterocycles. The molecule has 6 aromatic carbocycles. The minimum absolute atomic E-state index is 0.611. The second kappa shape index (κ2) is 8.11. The zero-order valence-electron chi connectivity index (χ0n) is 21.8. The fraction of sp³-hybridized carbons (Fsp3) is 0. The fourth-order valence-electron chi connectivity index (χ4n) is 6.37. The van der Waals surface area contributed by atoms with Crippen LogP contribution in [0.15, 0.2) is 130 Å². The van der Waals surface area contributed by atoms with Crippen LogP contribution < -0.4 is 0 Å². The summed E-state index contributed by atoms with van der Waals surface area (Å²) in [6.45, 7) is 7.43. The van der Waals surface area contributed by atoms with Crippen LogP contribution in [0.2, 0.25) is 0 Å². The van der Waals surface area contributed by atoms with Crippen LogP contribution >= 0.6 is 0 Å². The number of aromatic nitrogens is 1. The molecule has 0 radical (unpaired) electrons. The quantitative estimate of drug-likeness (QED) is 0.211. The summed E-state index contributed by atoms with van der Waals surface area (Å²) < 4.78 is 14.7. The first-order valence-electron chi connectivity index (χ1n) is 13.5. The number of nitrogens with zero attached hydrogens (tertiary/aromatic N) is 2. The van der Waals surface area contributed by atoms with E-state index in [1.54, 1.807) is 6.07 Å². The highest BCUT2D eigenvalue weighted by atomic mass is 16.3. The van der Waals surface area contributed by atoms with Crippen molar-refractivity contribution in [1.82, 2.24) is 4.57 Å². The molecule has 0 aliphatic heterocycles. The molecule has 0 unspecified atom stereocenters. The molecule has 190 valence electrons. The molecule has 0 aliphatic carbocycles. The molecular formula is C37H20N2O2. The Labute approximate surface area is 234 Å². The molecule has 0 amide bonds. The van der Waals surface area contributed by atoms with Gasteiger partial charge in [0.25, 0.3) is 0 Å². The number of fused-ring (bicyclic) bond motifs is 9. The lowest BCUT2D eigenvalue weighted by molar-refractivity contribution is 0.668. The van der Waals surface area contributed by atoms with Crippen LogP contribution in [0.3, 0.4) is 0 Å². The maximum Gasteiger partial charge on any atom is 0.188 e. The summed E-state index contributed by atoms with van der Waals surface area (Å²) in [5, 5.41) is 6.60. The Hall–Kier alpha value is -5.79. The van der Waals surface area contributed by atoms with Crippen LogP contribution in [-0.2, 0) is 0 Å². The van der Waals surface area contributed by atoms with Gasteiger partial charge < -0.3 is 13.4 Å². The first kappa shape index (κ1) is 22.1. The van der Waals surface area contributed by atoms with Crippen molar-refractivity contribution in [3.63, 3.8) is 0 Å². The summed E-state index contributed by atoms with van der Waals surface area (Å²) in [4.78, 5) is 3.61. The summed E-state index contributed by atoms with van der Waals surface area (Å²) in [6, 6.07) is 41.7. The van der Waals surface area contributed by atoms with Gasteiger partial charge in [0.05, 0.1) is 28.7 Å². The highest BCUT2D eigenvalue weighted by Crippen LogP contribution is 2.40. The third-order valence-electron chi connectivity index (χ3n) is 8.21. The summed E-state index contributed by atoms with van der Waals surface area (Å²) in [5.41, 5.74) is 9.64. The second-order valence-electron chi connectivity index (χ2n) is 10.4. The summed E-state index contributed by atoms with van der Waals surface area (Å²) in [7, 11) is 0. The first-order valence-corrected chi connectivity index (χ1v) is 13.5. The molecule has 3 heterocycles. The SMILES string of the molecule is [C-]#[N+]c1ccc2oc3ccc(-c4ccc5c(c4)c4ccccc4n5-c4cccc5oc6ccccc6c45)cc3c2c1. The van der Waals surface area contributed by atoms with Crippen LogP contribution in [0.25, 0.3) is 87.3 Å². The zero-order valence-corrected chi connectivity index (χ0v) is 21.8. The number of rotatable bonds is 2. The van der Waals surface area contributed by atoms with Gasteiger partial charge in [0, 0.05) is 26.9 Å². The van der Waals surface area contributed by atoms with Gasteiger partial charge in [0.2, 0.25) is 0 Å². The van der Waals surface area contributed by atoms with Crippen molar-refractivity contribution in [3.8, 4) is 16.8 Å². The first-order chi connectivity index (χ1) is 20.3. The van der Waals surface area contributed by atoms with E-state index in [2.05, 4.69) is 88.3 Å². The largest absolute Gasteiger partial charge is 0.456 e. The maximum atomic E-state index is 7.43. The highest BCUT2D eigenvalue weighted by molar-refractivity contribution is 6.15. The van der Waals surface area contributed by atoms with Gasteiger partial charge in [0.1, 0.15) is 22.3 Å². The van der Waals surface area contributed by atoms with E-state index >= 15 is 0 Å². The molecule has 0 bridgehead atoms. The standard InChI is InChI=1S/C37H20N2O2/c1-38-24-15-18-35-29(21-24)28-20-23(14-17-34(28)40-35)22-13-16-31-27(19-22)25-7-2-4-9-30(25)39(31)32-10-6-12-36-37(32)26-8-3-5-11-33(26)41-36/h2-21H. The molecule has 0 saturated carbocycles. The summed E-state index contributed by atoms with van der Waals surface area (Å²) >= 11 is 0. The maximum absolute atomic E-state index is 7.43. The molecule has 4 nitrogen and oxygen atoms in total. The van der Waals surface area contributed by atoms with Gasteiger partial charge in [-0.1, -0.05) is 60.7 Å². The Balaban J connectivity index is 1.30. The van der Waals surface area contributed by atoms with E-state index < -0.39 is 0 Å². The van der Waals surface area contributed by atoms with E-state index in [-0.39, 0.29) is 0 Å². The predicted octanol–water partition coefficient (Wildman–Crippen LogP) is 10.8. The molecule has 0 aliphatic rings. The number of benzene rings is 6. The van der Waals surface area contributed by atoms with Crippen LogP contribution in [0, 0.1) is 6.57 Å². The minimum Gasteiger partial charge on any atom is -0.456 e.